The number of ketones is 1. The van der Waals surface area contributed by atoms with E-state index in [0.29, 0.717) is 40.2 Å². The summed E-state index contributed by atoms with van der Waals surface area (Å²) in [7, 11) is 1.58. The number of benzene rings is 2. The van der Waals surface area contributed by atoms with Crippen molar-refractivity contribution in [1.82, 2.24) is 0 Å². The number of anilines is 1. The molecular weight excluding hydrogens is 294 g/mol. The zero-order chi connectivity index (χ0) is 16.4. The molecule has 0 saturated carbocycles. The minimum atomic E-state index is -0.197. The summed E-state index contributed by atoms with van der Waals surface area (Å²) < 4.78 is 16.2. The van der Waals surface area contributed by atoms with Crippen molar-refractivity contribution < 1.29 is 18.7 Å². The molecule has 0 bridgehead atoms. The molecule has 0 aliphatic heterocycles. The number of nitrogens with two attached hydrogens (primary N) is 1. The lowest BCUT2D eigenvalue weighted by Crippen LogP contribution is -2.03. The van der Waals surface area contributed by atoms with Gasteiger partial charge in [0.25, 0.3) is 0 Å². The minimum Gasteiger partial charge on any atom is -0.497 e. The number of fused-ring (bicyclic) bond motifs is 1. The predicted octanol–water partition coefficient (Wildman–Crippen LogP) is 3.65. The van der Waals surface area contributed by atoms with Crippen molar-refractivity contribution in [2.24, 2.45) is 0 Å². The van der Waals surface area contributed by atoms with Crippen molar-refractivity contribution in [3.8, 4) is 11.5 Å². The van der Waals surface area contributed by atoms with Crippen LogP contribution >= 0.6 is 0 Å². The van der Waals surface area contributed by atoms with Crippen molar-refractivity contribution in [2.45, 2.75) is 6.92 Å². The van der Waals surface area contributed by atoms with E-state index in [1.54, 1.807) is 43.5 Å². The van der Waals surface area contributed by atoms with Crippen LogP contribution in [0, 0.1) is 0 Å². The van der Waals surface area contributed by atoms with Crippen LogP contribution in [0.1, 0.15) is 22.8 Å². The van der Waals surface area contributed by atoms with Crippen molar-refractivity contribution >= 4 is 22.6 Å². The Labute approximate surface area is 133 Å². The van der Waals surface area contributed by atoms with Crippen LogP contribution in [0.3, 0.4) is 0 Å². The number of furan rings is 1. The number of carbonyl (C=O) groups is 1. The summed E-state index contributed by atoms with van der Waals surface area (Å²) in [6, 6.07) is 12.3. The first kappa shape index (κ1) is 15.0. The first-order valence-corrected chi connectivity index (χ1v) is 7.28. The molecule has 0 amide bonds. The van der Waals surface area contributed by atoms with Gasteiger partial charge in [-0.2, -0.15) is 0 Å². The Kier molecular flexibility index (Phi) is 3.93. The lowest BCUT2D eigenvalue weighted by molar-refractivity contribution is 0.104. The van der Waals surface area contributed by atoms with Gasteiger partial charge < -0.3 is 19.6 Å². The molecule has 0 radical (unpaired) electrons. The Balaban J connectivity index is 2.09. The number of para-hydroxylation sites is 1. The summed E-state index contributed by atoms with van der Waals surface area (Å²) in [4.78, 5) is 12.8. The van der Waals surface area contributed by atoms with E-state index in [1.165, 1.54) is 0 Å². The predicted molar refractivity (Wildman–Crippen MR) is 88.2 cm³/mol. The van der Waals surface area contributed by atoms with Gasteiger partial charge in [-0.25, -0.2) is 0 Å². The maximum atomic E-state index is 12.8. The van der Waals surface area contributed by atoms with Crippen LogP contribution in [0.2, 0.25) is 0 Å². The highest BCUT2D eigenvalue weighted by atomic mass is 16.5. The SMILES string of the molecule is CCOc1cccc2c(C(=O)c3ccc(OC)cc3)c(N)oc12. The van der Waals surface area contributed by atoms with Gasteiger partial charge >= 0.3 is 0 Å². The second-order valence-electron chi connectivity index (χ2n) is 4.96. The fraction of sp³-hybridized carbons (Fsp3) is 0.167. The van der Waals surface area contributed by atoms with Crippen LogP contribution in [0.25, 0.3) is 11.0 Å². The summed E-state index contributed by atoms with van der Waals surface area (Å²) >= 11 is 0. The molecule has 0 atom stereocenters. The highest BCUT2D eigenvalue weighted by Gasteiger charge is 2.22. The molecule has 118 valence electrons. The number of hydrogen-bond donors (Lipinski definition) is 1. The second kappa shape index (κ2) is 6.04. The molecule has 5 nitrogen and oxygen atoms in total. The van der Waals surface area contributed by atoms with Gasteiger partial charge in [0.2, 0.25) is 5.88 Å². The Morgan fingerprint density at radius 2 is 1.91 bits per heavy atom. The van der Waals surface area contributed by atoms with E-state index in [2.05, 4.69) is 0 Å². The lowest BCUT2D eigenvalue weighted by Gasteiger charge is -2.04. The van der Waals surface area contributed by atoms with E-state index in [4.69, 9.17) is 19.6 Å². The minimum absolute atomic E-state index is 0.0907. The molecule has 0 unspecified atom stereocenters. The lowest BCUT2D eigenvalue weighted by atomic mass is 10.0. The molecule has 1 heterocycles. The van der Waals surface area contributed by atoms with E-state index < -0.39 is 0 Å². The normalized spacial score (nSPS) is 10.7. The summed E-state index contributed by atoms with van der Waals surface area (Å²) in [5.74, 6) is 1.15. The van der Waals surface area contributed by atoms with Crippen molar-refractivity contribution in [3.05, 3.63) is 53.6 Å². The van der Waals surface area contributed by atoms with E-state index in [9.17, 15) is 4.79 Å². The zero-order valence-corrected chi connectivity index (χ0v) is 13.0. The van der Waals surface area contributed by atoms with Crippen LogP contribution in [-0.4, -0.2) is 19.5 Å². The quantitative estimate of drug-likeness (QED) is 0.728. The molecule has 0 saturated heterocycles. The number of rotatable bonds is 5. The standard InChI is InChI=1S/C18H17NO4/c1-3-22-14-6-4-5-13-15(18(19)23-17(13)14)16(20)11-7-9-12(21-2)10-8-11/h4-10H,3,19H2,1-2H3. The Morgan fingerprint density at radius 1 is 1.17 bits per heavy atom. The van der Waals surface area contributed by atoms with E-state index >= 15 is 0 Å². The maximum Gasteiger partial charge on any atom is 0.203 e. The molecule has 0 spiro atoms. The fourth-order valence-electron chi connectivity index (χ4n) is 2.50. The van der Waals surface area contributed by atoms with E-state index in [-0.39, 0.29) is 11.7 Å². The number of hydrogen-bond acceptors (Lipinski definition) is 5. The number of ether oxygens (including phenoxy) is 2. The molecule has 5 heteroatoms. The third-order valence-electron chi connectivity index (χ3n) is 3.59. The molecule has 23 heavy (non-hydrogen) atoms. The molecular formula is C18H17NO4. The van der Waals surface area contributed by atoms with Crippen molar-refractivity contribution in [1.29, 1.82) is 0 Å². The molecule has 3 rings (SSSR count). The Morgan fingerprint density at radius 3 is 2.57 bits per heavy atom. The van der Waals surface area contributed by atoms with Gasteiger partial charge in [0, 0.05) is 10.9 Å². The van der Waals surface area contributed by atoms with Gasteiger partial charge in [0.05, 0.1) is 19.3 Å². The Bertz CT molecular complexity index is 849. The Hall–Kier alpha value is -2.95. The molecule has 0 aliphatic rings. The average molecular weight is 311 g/mol. The highest BCUT2D eigenvalue weighted by Crippen LogP contribution is 2.35. The maximum absolute atomic E-state index is 12.8. The van der Waals surface area contributed by atoms with E-state index in [0.717, 1.165) is 0 Å². The second-order valence-corrected chi connectivity index (χ2v) is 4.96. The third kappa shape index (κ3) is 2.61. The summed E-state index contributed by atoms with van der Waals surface area (Å²) in [5.41, 5.74) is 7.30. The number of methoxy groups -OCH3 is 1. The summed E-state index contributed by atoms with van der Waals surface area (Å²) in [5, 5.41) is 0.647. The molecule has 1 aromatic heterocycles. The van der Waals surface area contributed by atoms with Crippen LogP contribution < -0.4 is 15.2 Å². The van der Waals surface area contributed by atoms with Crippen molar-refractivity contribution in [2.75, 3.05) is 19.5 Å². The molecule has 2 aromatic carbocycles. The van der Waals surface area contributed by atoms with Gasteiger partial charge in [-0.3, -0.25) is 4.79 Å². The van der Waals surface area contributed by atoms with E-state index in [1.807, 2.05) is 13.0 Å². The van der Waals surface area contributed by atoms with Gasteiger partial charge in [-0.15, -0.1) is 0 Å². The molecule has 3 aromatic rings. The first-order valence-electron chi connectivity index (χ1n) is 7.28. The first-order chi connectivity index (χ1) is 11.2. The fourth-order valence-corrected chi connectivity index (χ4v) is 2.50. The largest absolute Gasteiger partial charge is 0.497 e. The van der Waals surface area contributed by atoms with Crippen LogP contribution in [0.15, 0.2) is 46.9 Å². The summed E-state index contributed by atoms with van der Waals surface area (Å²) in [6.45, 7) is 2.38. The zero-order valence-electron chi connectivity index (χ0n) is 13.0. The molecule has 0 fully saturated rings. The number of carbonyl (C=O) groups excluding carboxylic acids is 1. The van der Waals surface area contributed by atoms with Gasteiger partial charge in [0.1, 0.15) is 5.75 Å². The highest BCUT2D eigenvalue weighted by molar-refractivity contribution is 6.19. The summed E-state index contributed by atoms with van der Waals surface area (Å²) in [6.07, 6.45) is 0. The van der Waals surface area contributed by atoms with Gasteiger partial charge in [-0.05, 0) is 37.3 Å². The van der Waals surface area contributed by atoms with Gasteiger partial charge in [-0.1, -0.05) is 12.1 Å². The molecule has 0 aliphatic carbocycles. The van der Waals surface area contributed by atoms with Crippen LogP contribution in [0.5, 0.6) is 11.5 Å². The average Bonchev–Trinajstić information content (AvgIpc) is 2.91. The van der Waals surface area contributed by atoms with Crippen molar-refractivity contribution in [3.63, 3.8) is 0 Å². The monoisotopic (exact) mass is 311 g/mol. The van der Waals surface area contributed by atoms with Gasteiger partial charge in [0.15, 0.2) is 17.1 Å². The number of nitrogen functional groups attached to an aromatic ring is 1. The molecule has 2 N–H and O–H groups in total. The van der Waals surface area contributed by atoms with Crippen LogP contribution in [0.4, 0.5) is 5.88 Å². The topological polar surface area (TPSA) is 74.7 Å². The smallest absolute Gasteiger partial charge is 0.203 e. The van der Waals surface area contributed by atoms with Crippen LogP contribution in [-0.2, 0) is 0 Å². The third-order valence-corrected chi connectivity index (χ3v) is 3.59.